The van der Waals surface area contributed by atoms with E-state index in [2.05, 4.69) is 24.2 Å². The normalized spacial score (nSPS) is 33.6. The van der Waals surface area contributed by atoms with Crippen LogP contribution < -0.4 is 5.32 Å². The van der Waals surface area contributed by atoms with Crippen LogP contribution in [0, 0.1) is 0 Å². The molecule has 15 heavy (non-hydrogen) atoms. The highest BCUT2D eigenvalue weighted by molar-refractivity contribution is 4.88. The predicted molar refractivity (Wildman–Crippen MR) is 61.9 cm³/mol. The molecule has 3 nitrogen and oxygen atoms in total. The van der Waals surface area contributed by atoms with Crippen molar-refractivity contribution in [3.63, 3.8) is 0 Å². The lowest BCUT2D eigenvalue weighted by Gasteiger charge is -2.27. The summed E-state index contributed by atoms with van der Waals surface area (Å²) in [5.41, 5.74) is 0. The zero-order valence-electron chi connectivity index (χ0n) is 9.95. The summed E-state index contributed by atoms with van der Waals surface area (Å²) >= 11 is 0. The van der Waals surface area contributed by atoms with Crippen LogP contribution in [-0.2, 0) is 0 Å². The Morgan fingerprint density at radius 3 is 2.60 bits per heavy atom. The van der Waals surface area contributed by atoms with Crippen molar-refractivity contribution in [3.05, 3.63) is 0 Å². The van der Waals surface area contributed by atoms with E-state index in [0.717, 1.165) is 25.4 Å². The first-order valence-electron chi connectivity index (χ1n) is 6.32. The molecule has 0 radical (unpaired) electrons. The summed E-state index contributed by atoms with van der Waals surface area (Å²) in [7, 11) is 2.22. The van der Waals surface area contributed by atoms with Crippen molar-refractivity contribution < 1.29 is 5.11 Å². The molecule has 2 aliphatic rings. The largest absolute Gasteiger partial charge is 0.392 e. The molecule has 3 heteroatoms. The summed E-state index contributed by atoms with van der Waals surface area (Å²) in [4.78, 5) is 2.47. The summed E-state index contributed by atoms with van der Waals surface area (Å²) in [6.07, 6.45) is 5.92. The highest BCUT2D eigenvalue weighted by Gasteiger charge is 2.30. The fourth-order valence-corrected chi connectivity index (χ4v) is 2.49. The molecule has 3 atom stereocenters. The van der Waals surface area contributed by atoms with Crippen LogP contribution >= 0.6 is 0 Å². The Bertz CT molecular complexity index is 206. The smallest absolute Gasteiger partial charge is 0.0693 e. The number of hydrogen-bond donors (Lipinski definition) is 2. The molecule has 0 bridgehead atoms. The molecule has 0 amide bonds. The predicted octanol–water partition coefficient (Wildman–Crippen LogP) is 0.972. The first-order chi connectivity index (χ1) is 7.18. The van der Waals surface area contributed by atoms with Crippen molar-refractivity contribution >= 4 is 0 Å². The van der Waals surface area contributed by atoms with Crippen molar-refractivity contribution in [2.24, 2.45) is 0 Å². The van der Waals surface area contributed by atoms with Gasteiger partial charge in [-0.3, -0.25) is 4.90 Å². The Morgan fingerprint density at radius 2 is 2.07 bits per heavy atom. The molecule has 2 fully saturated rings. The number of nitrogens with zero attached hydrogens (tertiary/aromatic N) is 1. The lowest BCUT2D eigenvalue weighted by atomic mass is 10.2. The minimum atomic E-state index is -0.108. The van der Waals surface area contributed by atoms with Crippen molar-refractivity contribution in [1.29, 1.82) is 0 Å². The minimum absolute atomic E-state index is 0.108. The van der Waals surface area contributed by atoms with Crippen molar-refractivity contribution in [3.8, 4) is 0 Å². The fourth-order valence-electron chi connectivity index (χ4n) is 2.49. The molecule has 0 aromatic carbocycles. The lowest BCUT2D eigenvalue weighted by molar-refractivity contribution is 0.141. The van der Waals surface area contributed by atoms with E-state index in [9.17, 15) is 5.11 Å². The average Bonchev–Trinajstić information content (AvgIpc) is 2.99. The maximum atomic E-state index is 9.69. The van der Waals surface area contributed by atoms with Crippen LogP contribution in [0.4, 0.5) is 0 Å². The van der Waals surface area contributed by atoms with E-state index in [0.29, 0.717) is 12.1 Å². The van der Waals surface area contributed by atoms with Crippen molar-refractivity contribution in [1.82, 2.24) is 10.2 Å². The molecule has 1 unspecified atom stereocenters. The van der Waals surface area contributed by atoms with Crippen LogP contribution in [0.15, 0.2) is 0 Å². The minimum Gasteiger partial charge on any atom is -0.392 e. The second-order valence-electron chi connectivity index (χ2n) is 5.26. The van der Waals surface area contributed by atoms with E-state index >= 15 is 0 Å². The molecule has 88 valence electrons. The van der Waals surface area contributed by atoms with Gasteiger partial charge in [-0.25, -0.2) is 0 Å². The third-order valence-electron chi connectivity index (χ3n) is 3.97. The van der Waals surface area contributed by atoms with Crippen LogP contribution in [0.3, 0.4) is 0 Å². The molecule has 0 heterocycles. The van der Waals surface area contributed by atoms with E-state index in [-0.39, 0.29) is 6.10 Å². The Hall–Kier alpha value is -0.120. The van der Waals surface area contributed by atoms with Gasteiger partial charge in [0.2, 0.25) is 0 Å². The summed E-state index contributed by atoms with van der Waals surface area (Å²) in [5, 5.41) is 13.2. The molecule has 0 aliphatic heterocycles. The first kappa shape index (κ1) is 11.4. The van der Waals surface area contributed by atoms with Gasteiger partial charge >= 0.3 is 0 Å². The maximum Gasteiger partial charge on any atom is 0.0693 e. The molecule has 2 saturated carbocycles. The van der Waals surface area contributed by atoms with Crippen LogP contribution in [0.5, 0.6) is 0 Å². The summed E-state index contributed by atoms with van der Waals surface area (Å²) in [6.45, 7) is 3.28. The van der Waals surface area contributed by atoms with Crippen LogP contribution in [-0.4, -0.2) is 47.8 Å². The fraction of sp³-hybridized carbons (Fsp3) is 1.00. The Morgan fingerprint density at radius 1 is 1.33 bits per heavy atom. The molecular weight excluding hydrogens is 188 g/mol. The standard InChI is InChI=1S/C12H24N2O/c1-9(14(2)10-6-7-10)8-13-11-4-3-5-12(11)15/h9-13,15H,3-8H2,1-2H3/t9?,11-,12-/m0/s1. The number of rotatable bonds is 5. The molecule has 0 saturated heterocycles. The third kappa shape index (κ3) is 2.92. The van der Waals surface area contributed by atoms with Crippen LogP contribution in [0.2, 0.25) is 0 Å². The molecule has 2 N–H and O–H groups in total. The van der Waals surface area contributed by atoms with Gasteiger partial charge in [0.1, 0.15) is 0 Å². The van der Waals surface area contributed by atoms with E-state index < -0.39 is 0 Å². The van der Waals surface area contributed by atoms with Gasteiger partial charge in [-0.05, 0) is 46.1 Å². The molecule has 0 spiro atoms. The van der Waals surface area contributed by atoms with Crippen molar-refractivity contribution in [2.45, 2.75) is 63.3 Å². The number of nitrogens with one attached hydrogen (secondary N) is 1. The Kier molecular flexibility index (Phi) is 3.65. The Labute approximate surface area is 92.8 Å². The molecule has 2 rings (SSSR count). The summed E-state index contributed by atoms with van der Waals surface area (Å²) in [6, 6.07) is 1.76. The SMILES string of the molecule is CC(CN[C@H]1CCC[C@@H]1O)N(C)C1CC1. The van der Waals surface area contributed by atoms with E-state index in [1.807, 2.05) is 0 Å². The highest BCUT2D eigenvalue weighted by Crippen LogP contribution is 2.27. The first-order valence-corrected chi connectivity index (χ1v) is 6.32. The zero-order chi connectivity index (χ0) is 10.8. The van der Waals surface area contributed by atoms with Gasteiger partial charge < -0.3 is 10.4 Å². The number of aliphatic hydroxyl groups is 1. The molecule has 0 aromatic rings. The quantitative estimate of drug-likeness (QED) is 0.713. The molecule has 0 aromatic heterocycles. The number of likely N-dealkylation sites (N-methyl/N-ethyl adjacent to an activating group) is 1. The third-order valence-corrected chi connectivity index (χ3v) is 3.97. The van der Waals surface area contributed by atoms with E-state index in [1.165, 1.54) is 19.3 Å². The molecular formula is C12H24N2O. The number of aliphatic hydroxyl groups excluding tert-OH is 1. The average molecular weight is 212 g/mol. The van der Waals surface area contributed by atoms with Gasteiger partial charge in [0.15, 0.2) is 0 Å². The van der Waals surface area contributed by atoms with Gasteiger partial charge in [0.25, 0.3) is 0 Å². The van der Waals surface area contributed by atoms with Crippen LogP contribution in [0.25, 0.3) is 0 Å². The van der Waals surface area contributed by atoms with Crippen LogP contribution in [0.1, 0.15) is 39.0 Å². The van der Waals surface area contributed by atoms with Crippen molar-refractivity contribution in [2.75, 3.05) is 13.6 Å². The summed E-state index contributed by atoms with van der Waals surface area (Å²) < 4.78 is 0. The second kappa shape index (κ2) is 4.81. The van der Waals surface area contributed by atoms with Gasteiger partial charge in [-0.1, -0.05) is 0 Å². The second-order valence-corrected chi connectivity index (χ2v) is 5.26. The van der Waals surface area contributed by atoms with Gasteiger partial charge in [0.05, 0.1) is 6.10 Å². The van der Waals surface area contributed by atoms with Gasteiger partial charge in [-0.2, -0.15) is 0 Å². The lowest BCUT2D eigenvalue weighted by Crippen LogP contribution is -2.45. The number of hydrogen-bond acceptors (Lipinski definition) is 3. The van der Waals surface area contributed by atoms with E-state index in [1.54, 1.807) is 0 Å². The Balaban J connectivity index is 1.67. The monoisotopic (exact) mass is 212 g/mol. The highest BCUT2D eigenvalue weighted by atomic mass is 16.3. The topological polar surface area (TPSA) is 35.5 Å². The maximum absolute atomic E-state index is 9.69. The van der Waals surface area contributed by atoms with Gasteiger partial charge in [-0.15, -0.1) is 0 Å². The zero-order valence-corrected chi connectivity index (χ0v) is 9.95. The van der Waals surface area contributed by atoms with E-state index in [4.69, 9.17) is 0 Å². The van der Waals surface area contributed by atoms with Gasteiger partial charge in [0, 0.05) is 24.7 Å². The molecule has 2 aliphatic carbocycles. The summed E-state index contributed by atoms with van der Waals surface area (Å²) in [5.74, 6) is 0.